The van der Waals surface area contributed by atoms with Crippen LogP contribution in [0.1, 0.15) is 32.4 Å². The SMILES string of the molecule is CCN(CC)c1ccc(NC(C)c2ccsc2)cc1. The molecule has 2 rings (SSSR count). The van der Waals surface area contributed by atoms with Crippen molar-refractivity contribution in [2.24, 2.45) is 0 Å². The fourth-order valence-electron chi connectivity index (χ4n) is 2.21. The zero-order valence-electron chi connectivity index (χ0n) is 11.9. The highest BCUT2D eigenvalue weighted by Crippen LogP contribution is 2.23. The summed E-state index contributed by atoms with van der Waals surface area (Å²) in [6.07, 6.45) is 0. The first-order valence-corrected chi connectivity index (χ1v) is 7.82. The van der Waals surface area contributed by atoms with Gasteiger partial charge in [-0.15, -0.1) is 0 Å². The number of nitrogens with zero attached hydrogens (tertiary/aromatic N) is 1. The van der Waals surface area contributed by atoms with Gasteiger partial charge in [0.2, 0.25) is 0 Å². The van der Waals surface area contributed by atoms with Crippen LogP contribution in [0.15, 0.2) is 41.1 Å². The van der Waals surface area contributed by atoms with Gasteiger partial charge in [0.1, 0.15) is 0 Å². The van der Waals surface area contributed by atoms with E-state index >= 15 is 0 Å². The second kappa shape index (κ2) is 6.62. The number of rotatable bonds is 6. The van der Waals surface area contributed by atoms with Crippen LogP contribution in [-0.2, 0) is 0 Å². The van der Waals surface area contributed by atoms with Crippen molar-refractivity contribution in [3.05, 3.63) is 46.7 Å². The molecule has 0 saturated carbocycles. The zero-order chi connectivity index (χ0) is 13.7. The predicted octanol–water partition coefficient (Wildman–Crippen LogP) is 4.77. The van der Waals surface area contributed by atoms with Crippen molar-refractivity contribution in [2.45, 2.75) is 26.8 Å². The lowest BCUT2D eigenvalue weighted by Crippen LogP contribution is -2.21. The first-order chi connectivity index (χ1) is 9.24. The van der Waals surface area contributed by atoms with E-state index in [1.54, 1.807) is 11.3 Å². The van der Waals surface area contributed by atoms with Crippen LogP contribution in [0.4, 0.5) is 11.4 Å². The fourth-order valence-corrected chi connectivity index (χ4v) is 2.97. The molecule has 2 nitrogen and oxygen atoms in total. The molecule has 2 aromatic rings. The third-order valence-corrected chi connectivity index (χ3v) is 4.12. The van der Waals surface area contributed by atoms with Gasteiger partial charge in [0.15, 0.2) is 0 Å². The number of anilines is 2. The molecule has 0 saturated heterocycles. The fraction of sp³-hybridized carbons (Fsp3) is 0.375. The van der Waals surface area contributed by atoms with E-state index in [4.69, 9.17) is 0 Å². The Morgan fingerprint density at radius 2 is 1.79 bits per heavy atom. The van der Waals surface area contributed by atoms with E-state index in [0.29, 0.717) is 6.04 Å². The highest BCUT2D eigenvalue weighted by atomic mass is 32.1. The Bertz CT molecular complexity index is 472. The molecule has 19 heavy (non-hydrogen) atoms. The highest BCUT2D eigenvalue weighted by molar-refractivity contribution is 7.07. The smallest absolute Gasteiger partial charge is 0.0493 e. The van der Waals surface area contributed by atoms with Crippen molar-refractivity contribution < 1.29 is 0 Å². The maximum atomic E-state index is 3.53. The van der Waals surface area contributed by atoms with E-state index in [2.05, 4.69) is 72.1 Å². The Hall–Kier alpha value is -1.48. The summed E-state index contributed by atoms with van der Waals surface area (Å²) in [6.45, 7) is 8.67. The Morgan fingerprint density at radius 3 is 2.32 bits per heavy atom. The summed E-state index contributed by atoms with van der Waals surface area (Å²) >= 11 is 1.74. The standard InChI is InChI=1S/C16H22N2S/c1-4-18(5-2)16-8-6-15(7-9-16)17-13(3)14-10-11-19-12-14/h6-13,17H,4-5H2,1-3H3. The maximum absolute atomic E-state index is 3.53. The molecule has 0 spiro atoms. The van der Waals surface area contributed by atoms with Crippen LogP contribution >= 0.6 is 11.3 Å². The Morgan fingerprint density at radius 1 is 1.11 bits per heavy atom. The predicted molar refractivity (Wildman–Crippen MR) is 86.4 cm³/mol. The van der Waals surface area contributed by atoms with Gasteiger partial charge in [-0.2, -0.15) is 11.3 Å². The van der Waals surface area contributed by atoms with E-state index in [1.165, 1.54) is 16.9 Å². The third kappa shape index (κ3) is 3.51. The lowest BCUT2D eigenvalue weighted by atomic mass is 10.1. The first kappa shape index (κ1) is 13.9. The molecule has 0 aliphatic carbocycles. The largest absolute Gasteiger partial charge is 0.378 e. The van der Waals surface area contributed by atoms with Crippen LogP contribution in [0.25, 0.3) is 0 Å². The molecule has 102 valence electrons. The van der Waals surface area contributed by atoms with Gasteiger partial charge in [0.25, 0.3) is 0 Å². The van der Waals surface area contributed by atoms with Crippen LogP contribution in [0.2, 0.25) is 0 Å². The number of benzene rings is 1. The van der Waals surface area contributed by atoms with E-state index in [9.17, 15) is 0 Å². The molecule has 1 heterocycles. The number of hydrogen-bond donors (Lipinski definition) is 1. The van der Waals surface area contributed by atoms with Crippen LogP contribution in [0.3, 0.4) is 0 Å². The molecule has 0 amide bonds. The van der Waals surface area contributed by atoms with Gasteiger partial charge < -0.3 is 10.2 Å². The molecule has 1 aromatic carbocycles. The van der Waals surface area contributed by atoms with E-state index < -0.39 is 0 Å². The molecule has 0 radical (unpaired) electrons. The van der Waals surface area contributed by atoms with Gasteiger partial charge in [-0.05, 0) is 67.4 Å². The Labute approximate surface area is 120 Å². The average Bonchev–Trinajstić information content (AvgIpc) is 2.96. The third-order valence-electron chi connectivity index (χ3n) is 3.42. The first-order valence-electron chi connectivity index (χ1n) is 6.88. The van der Waals surface area contributed by atoms with Crippen molar-refractivity contribution in [1.29, 1.82) is 0 Å². The second-order valence-electron chi connectivity index (χ2n) is 4.64. The Balaban J connectivity index is 2.02. The molecule has 0 bridgehead atoms. The molecule has 1 unspecified atom stereocenters. The molecule has 0 aliphatic rings. The average molecular weight is 274 g/mol. The number of hydrogen-bond acceptors (Lipinski definition) is 3. The van der Waals surface area contributed by atoms with Crippen molar-refractivity contribution in [2.75, 3.05) is 23.3 Å². The van der Waals surface area contributed by atoms with Crippen LogP contribution in [0.5, 0.6) is 0 Å². The van der Waals surface area contributed by atoms with Crippen molar-refractivity contribution in [3.63, 3.8) is 0 Å². The summed E-state index contributed by atoms with van der Waals surface area (Å²) in [5.41, 5.74) is 3.81. The van der Waals surface area contributed by atoms with Gasteiger partial charge in [0, 0.05) is 30.5 Å². The minimum absolute atomic E-state index is 0.352. The van der Waals surface area contributed by atoms with Gasteiger partial charge in [0.05, 0.1) is 0 Å². The lowest BCUT2D eigenvalue weighted by molar-refractivity contribution is 0.865. The molecular formula is C16H22N2S. The quantitative estimate of drug-likeness (QED) is 0.816. The molecule has 3 heteroatoms. The summed E-state index contributed by atoms with van der Waals surface area (Å²) in [6, 6.07) is 11.2. The second-order valence-corrected chi connectivity index (χ2v) is 5.42. The summed E-state index contributed by atoms with van der Waals surface area (Å²) in [5, 5.41) is 7.85. The summed E-state index contributed by atoms with van der Waals surface area (Å²) < 4.78 is 0. The minimum atomic E-state index is 0.352. The summed E-state index contributed by atoms with van der Waals surface area (Å²) in [7, 11) is 0. The van der Waals surface area contributed by atoms with Crippen molar-refractivity contribution in [1.82, 2.24) is 0 Å². The molecule has 1 N–H and O–H groups in total. The summed E-state index contributed by atoms with van der Waals surface area (Å²) in [4.78, 5) is 2.35. The normalized spacial score (nSPS) is 12.2. The topological polar surface area (TPSA) is 15.3 Å². The number of nitrogens with one attached hydrogen (secondary N) is 1. The molecule has 0 fully saturated rings. The Kier molecular flexibility index (Phi) is 4.86. The number of thiophene rings is 1. The molecule has 0 aliphatic heterocycles. The monoisotopic (exact) mass is 274 g/mol. The van der Waals surface area contributed by atoms with Gasteiger partial charge >= 0.3 is 0 Å². The van der Waals surface area contributed by atoms with Crippen LogP contribution in [0, 0.1) is 0 Å². The zero-order valence-corrected chi connectivity index (χ0v) is 12.7. The van der Waals surface area contributed by atoms with Gasteiger partial charge in [-0.1, -0.05) is 0 Å². The van der Waals surface area contributed by atoms with E-state index in [1.807, 2.05) is 0 Å². The van der Waals surface area contributed by atoms with Crippen LogP contribution < -0.4 is 10.2 Å². The summed E-state index contributed by atoms with van der Waals surface area (Å²) in [5.74, 6) is 0. The van der Waals surface area contributed by atoms with Gasteiger partial charge in [-0.3, -0.25) is 0 Å². The highest BCUT2D eigenvalue weighted by Gasteiger charge is 2.06. The maximum Gasteiger partial charge on any atom is 0.0493 e. The molecular weight excluding hydrogens is 252 g/mol. The van der Waals surface area contributed by atoms with Crippen LogP contribution in [-0.4, -0.2) is 13.1 Å². The van der Waals surface area contributed by atoms with Crippen molar-refractivity contribution in [3.8, 4) is 0 Å². The lowest BCUT2D eigenvalue weighted by Gasteiger charge is -2.21. The van der Waals surface area contributed by atoms with Gasteiger partial charge in [-0.25, -0.2) is 0 Å². The minimum Gasteiger partial charge on any atom is -0.378 e. The van der Waals surface area contributed by atoms with E-state index in [0.717, 1.165) is 13.1 Å². The molecule has 1 atom stereocenters. The van der Waals surface area contributed by atoms with Crippen molar-refractivity contribution >= 4 is 22.7 Å². The van der Waals surface area contributed by atoms with E-state index in [-0.39, 0.29) is 0 Å². The molecule has 1 aromatic heterocycles.